The van der Waals surface area contributed by atoms with Crippen LogP contribution in [0.5, 0.6) is 0 Å². The molecular formula is C19H35N3O6S2. The summed E-state index contributed by atoms with van der Waals surface area (Å²) in [5, 5.41) is 46.2. The van der Waals surface area contributed by atoms with Gasteiger partial charge in [0.1, 0.15) is 0 Å². The van der Waals surface area contributed by atoms with Crippen molar-refractivity contribution in [3.8, 4) is 6.07 Å². The molecule has 0 heterocycles. The summed E-state index contributed by atoms with van der Waals surface area (Å²) in [6.45, 7) is 6.99. The van der Waals surface area contributed by atoms with E-state index in [-0.39, 0.29) is 29.7 Å². The van der Waals surface area contributed by atoms with E-state index in [0.29, 0.717) is 37.7 Å². The van der Waals surface area contributed by atoms with Crippen molar-refractivity contribution in [1.82, 2.24) is 9.80 Å². The van der Waals surface area contributed by atoms with Crippen molar-refractivity contribution in [2.45, 2.75) is 51.6 Å². The van der Waals surface area contributed by atoms with Crippen LogP contribution in [0.1, 0.15) is 27.2 Å². The van der Waals surface area contributed by atoms with E-state index in [4.69, 9.17) is 5.26 Å². The second kappa shape index (κ2) is 16.9. The van der Waals surface area contributed by atoms with Gasteiger partial charge >= 0.3 is 0 Å². The normalized spacial score (nSPS) is 15.6. The minimum absolute atomic E-state index is 0.0837. The molecule has 9 nitrogen and oxygen atoms in total. The zero-order valence-corrected chi connectivity index (χ0v) is 19.6. The Hall–Kier alpha value is -0.710. The lowest BCUT2D eigenvalue weighted by molar-refractivity contribution is -0.117. The standard InChI is InChI=1S/C19H35N3O6S2/c1-14(23)10-21(11-15(2)24)4-6-29-18(27)8-19(28)30-7-5-22(12-16(3)25)13-17(26)9-20/h14-17,23-26H,4-8,10-13H2,1-3H3. The second-order valence-electron chi connectivity index (χ2n) is 7.33. The monoisotopic (exact) mass is 465 g/mol. The minimum Gasteiger partial charge on any atom is -0.392 e. The fourth-order valence-corrected chi connectivity index (χ4v) is 4.43. The van der Waals surface area contributed by atoms with E-state index in [0.717, 1.165) is 23.5 Å². The van der Waals surface area contributed by atoms with Gasteiger partial charge in [-0.3, -0.25) is 19.4 Å². The molecule has 0 aliphatic heterocycles. The third kappa shape index (κ3) is 17.0. The van der Waals surface area contributed by atoms with Crippen LogP contribution in [-0.4, -0.2) is 116 Å². The van der Waals surface area contributed by atoms with Gasteiger partial charge in [0.25, 0.3) is 0 Å². The summed E-state index contributed by atoms with van der Waals surface area (Å²) >= 11 is 2.07. The van der Waals surface area contributed by atoms with Crippen LogP contribution >= 0.6 is 23.5 Å². The lowest BCUT2D eigenvalue weighted by Crippen LogP contribution is -2.38. The van der Waals surface area contributed by atoms with Gasteiger partial charge in [0.2, 0.25) is 0 Å². The average molecular weight is 466 g/mol. The fourth-order valence-electron chi connectivity index (χ4n) is 2.72. The summed E-state index contributed by atoms with van der Waals surface area (Å²) in [4.78, 5) is 27.6. The van der Waals surface area contributed by atoms with Crippen molar-refractivity contribution in [1.29, 1.82) is 5.26 Å². The number of nitriles is 1. The Bertz CT molecular complexity index is 533. The van der Waals surface area contributed by atoms with E-state index in [1.165, 1.54) is 0 Å². The Morgan fingerprint density at radius 3 is 1.50 bits per heavy atom. The zero-order valence-electron chi connectivity index (χ0n) is 17.9. The predicted molar refractivity (Wildman–Crippen MR) is 119 cm³/mol. The van der Waals surface area contributed by atoms with Crippen LogP contribution in [0.2, 0.25) is 0 Å². The maximum atomic E-state index is 12.0. The molecule has 0 saturated carbocycles. The predicted octanol–water partition coefficient (Wildman–Crippen LogP) is -0.473. The summed E-state index contributed by atoms with van der Waals surface area (Å²) in [6.07, 6.45) is -3.06. The van der Waals surface area contributed by atoms with E-state index < -0.39 is 24.4 Å². The molecule has 0 amide bonds. The first kappa shape index (κ1) is 29.3. The Labute approximate surface area is 187 Å². The van der Waals surface area contributed by atoms with Gasteiger partial charge in [-0.1, -0.05) is 23.5 Å². The summed E-state index contributed by atoms with van der Waals surface area (Å²) in [5.41, 5.74) is 0. The van der Waals surface area contributed by atoms with Crippen molar-refractivity contribution >= 4 is 33.8 Å². The average Bonchev–Trinajstić information content (AvgIpc) is 2.59. The van der Waals surface area contributed by atoms with Crippen LogP contribution in [0.25, 0.3) is 0 Å². The highest BCUT2D eigenvalue weighted by atomic mass is 32.2. The number of hydrogen-bond acceptors (Lipinski definition) is 11. The van der Waals surface area contributed by atoms with Gasteiger partial charge in [-0.05, 0) is 20.8 Å². The lowest BCUT2D eigenvalue weighted by atomic mass is 10.3. The molecule has 11 heteroatoms. The van der Waals surface area contributed by atoms with Gasteiger partial charge in [-0.25, -0.2) is 0 Å². The highest BCUT2D eigenvalue weighted by Gasteiger charge is 2.16. The van der Waals surface area contributed by atoms with Crippen molar-refractivity contribution in [3.63, 3.8) is 0 Å². The third-order valence-corrected chi connectivity index (χ3v) is 5.48. The van der Waals surface area contributed by atoms with E-state index in [1.807, 2.05) is 4.90 Å². The van der Waals surface area contributed by atoms with Crippen molar-refractivity contribution in [2.24, 2.45) is 0 Å². The largest absolute Gasteiger partial charge is 0.392 e. The molecule has 0 aromatic rings. The van der Waals surface area contributed by atoms with Gasteiger partial charge in [-0.2, -0.15) is 5.26 Å². The number of thioether (sulfide) groups is 2. The number of rotatable bonds is 16. The smallest absolute Gasteiger partial charge is 0.197 e. The molecule has 4 atom stereocenters. The SMILES string of the molecule is CC(O)CN(CCSC(=O)CC(=O)SCCN(CC(C)O)CC(O)C#N)CC(C)O. The van der Waals surface area contributed by atoms with Gasteiger partial charge in [-0.15, -0.1) is 0 Å². The van der Waals surface area contributed by atoms with Crippen LogP contribution in [0.4, 0.5) is 0 Å². The lowest BCUT2D eigenvalue weighted by Gasteiger charge is -2.24. The number of aliphatic hydroxyl groups excluding tert-OH is 4. The van der Waals surface area contributed by atoms with E-state index in [2.05, 4.69) is 0 Å². The summed E-state index contributed by atoms with van der Waals surface area (Å²) < 4.78 is 0. The number of nitrogens with zero attached hydrogens (tertiary/aromatic N) is 3. The fraction of sp³-hybridized carbons (Fsp3) is 0.842. The first-order valence-electron chi connectivity index (χ1n) is 9.91. The molecule has 0 bridgehead atoms. The summed E-state index contributed by atoms with van der Waals surface area (Å²) in [5.74, 6) is 0.850. The molecule has 0 aliphatic carbocycles. The number of carbonyl (C=O) groups excluding carboxylic acids is 2. The maximum Gasteiger partial charge on any atom is 0.197 e. The van der Waals surface area contributed by atoms with Crippen LogP contribution in [0.3, 0.4) is 0 Å². The Morgan fingerprint density at radius 1 is 0.800 bits per heavy atom. The molecule has 0 aromatic carbocycles. The van der Waals surface area contributed by atoms with Crippen LogP contribution in [0, 0.1) is 11.3 Å². The first-order valence-corrected chi connectivity index (χ1v) is 11.9. The van der Waals surface area contributed by atoms with E-state index in [9.17, 15) is 30.0 Å². The number of aliphatic hydroxyl groups is 4. The van der Waals surface area contributed by atoms with E-state index in [1.54, 1.807) is 31.7 Å². The Kier molecular flexibility index (Phi) is 16.5. The molecule has 4 N–H and O–H groups in total. The van der Waals surface area contributed by atoms with E-state index >= 15 is 0 Å². The molecule has 0 fully saturated rings. The minimum atomic E-state index is -1.16. The molecule has 0 aromatic heterocycles. The van der Waals surface area contributed by atoms with Gasteiger partial charge in [0.15, 0.2) is 16.3 Å². The summed E-state index contributed by atoms with van der Waals surface area (Å²) in [6, 6.07) is 1.72. The molecule has 0 saturated heterocycles. The van der Waals surface area contributed by atoms with Gasteiger partial charge in [0.05, 0.1) is 30.8 Å². The molecule has 4 unspecified atom stereocenters. The molecule has 0 spiro atoms. The summed E-state index contributed by atoms with van der Waals surface area (Å²) in [7, 11) is 0. The number of carbonyl (C=O) groups is 2. The quantitative estimate of drug-likeness (QED) is 0.173. The Balaban J connectivity index is 4.22. The van der Waals surface area contributed by atoms with Gasteiger partial charge in [0, 0.05) is 50.8 Å². The first-order chi connectivity index (χ1) is 14.0. The molecule has 174 valence electrons. The van der Waals surface area contributed by atoms with Crippen molar-refractivity contribution < 1.29 is 30.0 Å². The number of hydrogen-bond donors (Lipinski definition) is 4. The molecule has 0 radical (unpaired) electrons. The zero-order chi connectivity index (χ0) is 23.1. The maximum absolute atomic E-state index is 12.0. The van der Waals surface area contributed by atoms with Crippen molar-refractivity contribution in [2.75, 3.05) is 50.8 Å². The molecule has 0 aliphatic rings. The highest BCUT2D eigenvalue weighted by molar-refractivity contribution is 8.15. The second-order valence-corrected chi connectivity index (χ2v) is 9.63. The van der Waals surface area contributed by atoms with Crippen LogP contribution in [0.15, 0.2) is 0 Å². The molecular weight excluding hydrogens is 430 g/mol. The topological polar surface area (TPSA) is 145 Å². The molecule has 0 rings (SSSR count). The highest BCUT2D eigenvalue weighted by Crippen LogP contribution is 2.13. The van der Waals surface area contributed by atoms with Crippen LogP contribution < -0.4 is 0 Å². The van der Waals surface area contributed by atoms with Crippen LogP contribution in [-0.2, 0) is 9.59 Å². The Morgan fingerprint density at radius 2 is 1.17 bits per heavy atom. The van der Waals surface area contributed by atoms with Gasteiger partial charge < -0.3 is 20.4 Å². The molecule has 30 heavy (non-hydrogen) atoms. The third-order valence-electron chi connectivity index (χ3n) is 3.78. The van der Waals surface area contributed by atoms with Crippen molar-refractivity contribution in [3.05, 3.63) is 0 Å².